The van der Waals surface area contributed by atoms with Gasteiger partial charge in [-0.1, -0.05) is 33.6 Å². The van der Waals surface area contributed by atoms with Crippen LogP contribution in [0.5, 0.6) is 0 Å². The number of hydrazine groups is 1. The van der Waals surface area contributed by atoms with Gasteiger partial charge in [-0.25, -0.2) is 15.8 Å². The fraction of sp³-hybridized carbons (Fsp3) is 0.750. The molecule has 0 bridgehead atoms. The number of nitrogen functional groups attached to an aromatic ring is 1. The number of nitrogens with zero attached hydrogens (tertiary/aromatic N) is 3. The Balaban J connectivity index is 2.42. The molecule has 0 unspecified atom stereocenters. The van der Waals surface area contributed by atoms with Crippen molar-refractivity contribution in [2.75, 3.05) is 16.9 Å². The third kappa shape index (κ3) is 3.64. The highest BCUT2D eigenvalue weighted by atomic mass is 15.3. The molecule has 1 saturated carbocycles. The van der Waals surface area contributed by atoms with Crippen molar-refractivity contribution in [1.82, 2.24) is 9.97 Å². The summed E-state index contributed by atoms with van der Waals surface area (Å²) in [6.07, 6.45) is 6.01. The summed E-state index contributed by atoms with van der Waals surface area (Å²) in [5, 5.41) is 0. The van der Waals surface area contributed by atoms with E-state index < -0.39 is 0 Å². The minimum absolute atomic E-state index is 0.608. The van der Waals surface area contributed by atoms with E-state index in [2.05, 4.69) is 43.0 Å². The number of nitrogens with one attached hydrogen (secondary N) is 1. The van der Waals surface area contributed by atoms with Gasteiger partial charge in [0.1, 0.15) is 17.5 Å². The highest BCUT2D eigenvalue weighted by Crippen LogP contribution is 2.31. The number of hydrogen-bond donors (Lipinski definition) is 2. The van der Waals surface area contributed by atoms with Crippen LogP contribution in [0.25, 0.3) is 0 Å². The van der Waals surface area contributed by atoms with Gasteiger partial charge in [0, 0.05) is 24.6 Å². The van der Waals surface area contributed by atoms with Crippen molar-refractivity contribution in [3.8, 4) is 0 Å². The standard InChI is InChI=1S/C16H29N5/c1-5-14-18-15(20-17)12(4)16(19-14)21(10-11(2)3)13-8-6-7-9-13/h11,13H,5-10,17H2,1-4H3,(H,18,19,20). The van der Waals surface area contributed by atoms with Gasteiger partial charge in [-0.15, -0.1) is 0 Å². The van der Waals surface area contributed by atoms with Crippen LogP contribution in [0.3, 0.4) is 0 Å². The lowest BCUT2D eigenvalue weighted by atomic mass is 10.1. The molecule has 5 nitrogen and oxygen atoms in total. The second kappa shape index (κ2) is 7.07. The molecule has 1 aromatic heterocycles. The first-order valence-corrected chi connectivity index (χ1v) is 8.17. The average molecular weight is 291 g/mol. The maximum Gasteiger partial charge on any atom is 0.148 e. The Hall–Kier alpha value is -1.36. The molecule has 21 heavy (non-hydrogen) atoms. The van der Waals surface area contributed by atoms with Gasteiger partial charge in [-0.2, -0.15) is 0 Å². The molecule has 1 aliphatic carbocycles. The molecule has 1 aliphatic rings. The van der Waals surface area contributed by atoms with Gasteiger partial charge in [-0.3, -0.25) is 0 Å². The first-order valence-electron chi connectivity index (χ1n) is 8.17. The van der Waals surface area contributed by atoms with E-state index in [9.17, 15) is 0 Å². The van der Waals surface area contributed by atoms with Crippen molar-refractivity contribution in [3.63, 3.8) is 0 Å². The topological polar surface area (TPSA) is 67.1 Å². The fourth-order valence-corrected chi connectivity index (χ4v) is 3.15. The molecule has 2 rings (SSSR count). The highest BCUT2D eigenvalue weighted by Gasteiger charge is 2.26. The number of anilines is 2. The van der Waals surface area contributed by atoms with Crippen molar-refractivity contribution in [1.29, 1.82) is 0 Å². The monoisotopic (exact) mass is 291 g/mol. The van der Waals surface area contributed by atoms with Gasteiger partial charge in [-0.05, 0) is 25.7 Å². The molecule has 1 aromatic rings. The Morgan fingerprint density at radius 3 is 2.48 bits per heavy atom. The van der Waals surface area contributed by atoms with Crippen LogP contribution < -0.4 is 16.2 Å². The van der Waals surface area contributed by atoms with Crippen LogP contribution in [0.15, 0.2) is 0 Å². The van der Waals surface area contributed by atoms with Crippen LogP contribution in [-0.4, -0.2) is 22.6 Å². The SMILES string of the molecule is CCc1nc(NN)c(C)c(N(CC(C)C)C2CCCC2)n1. The summed E-state index contributed by atoms with van der Waals surface area (Å²) in [6, 6.07) is 0.608. The van der Waals surface area contributed by atoms with Crippen LogP contribution >= 0.6 is 0 Å². The molecule has 3 N–H and O–H groups in total. The average Bonchev–Trinajstić information content (AvgIpc) is 2.99. The van der Waals surface area contributed by atoms with Crippen molar-refractivity contribution < 1.29 is 0 Å². The molecular formula is C16H29N5. The van der Waals surface area contributed by atoms with Gasteiger partial charge in [0.25, 0.3) is 0 Å². The van der Waals surface area contributed by atoms with E-state index >= 15 is 0 Å². The fourth-order valence-electron chi connectivity index (χ4n) is 3.15. The number of rotatable bonds is 6. The van der Waals surface area contributed by atoms with Gasteiger partial charge in [0.05, 0.1) is 0 Å². The molecule has 118 valence electrons. The van der Waals surface area contributed by atoms with Crippen LogP contribution in [0.2, 0.25) is 0 Å². The van der Waals surface area contributed by atoms with Crippen molar-refractivity contribution in [2.45, 2.75) is 65.8 Å². The van der Waals surface area contributed by atoms with Gasteiger partial charge in [0.15, 0.2) is 0 Å². The van der Waals surface area contributed by atoms with Crippen LogP contribution in [-0.2, 0) is 6.42 Å². The Morgan fingerprint density at radius 2 is 1.95 bits per heavy atom. The Bertz CT molecular complexity index is 466. The molecular weight excluding hydrogens is 262 g/mol. The van der Waals surface area contributed by atoms with Crippen LogP contribution in [0.1, 0.15) is 57.8 Å². The quantitative estimate of drug-likeness (QED) is 0.623. The number of aromatic nitrogens is 2. The normalized spacial score (nSPS) is 15.7. The summed E-state index contributed by atoms with van der Waals surface area (Å²) in [6.45, 7) is 9.71. The molecule has 5 heteroatoms. The first kappa shape index (κ1) is 16.0. The third-order valence-electron chi connectivity index (χ3n) is 4.22. The molecule has 1 heterocycles. The van der Waals surface area contributed by atoms with Crippen molar-refractivity contribution in [2.24, 2.45) is 11.8 Å². The van der Waals surface area contributed by atoms with E-state index in [1.165, 1.54) is 25.7 Å². The van der Waals surface area contributed by atoms with Crippen LogP contribution in [0, 0.1) is 12.8 Å². The molecule has 1 fully saturated rings. The molecule has 0 amide bonds. The maximum atomic E-state index is 5.64. The summed E-state index contributed by atoms with van der Waals surface area (Å²) in [5.74, 6) is 8.92. The highest BCUT2D eigenvalue weighted by molar-refractivity contribution is 5.58. The maximum absolute atomic E-state index is 5.64. The summed E-state index contributed by atoms with van der Waals surface area (Å²) < 4.78 is 0. The summed E-state index contributed by atoms with van der Waals surface area (Å²) in [7, 11) is 0. The smallest absolute Gasteiger partial charge is 0.148 e. The molecule has 0 aromatic carbocycles. The predicted octanol–water partition coefficient (Wildman–Crippen LogP) is 3.04. The zero-order valence-electron chi connectivity index (χ0n) is 13.8. The van der Waals surface area contributed by atoms with Gasteiger partial charge in [0.2, 0.25) is 0 Å². The van der Waals surface area contributed by atoms with E-state index in [4.69, 9.17) is 10.8 Å². The molecule has 0 saturated heterocycles. The predicted molar refractivity (Wildman–Crippen MR) is 88.4 cm³/mol. The minimum atomic E-state index is 0.608. The Kier molecular flexibility index (Phi) is 5.39. The number of aryl methyl sites for hydroxylation is 1. The largest absolute Gasteiger partial charge is 0.353 e. The third-order valence-corrected chi connectivity index (χ3v) is 4.22. The number of nitrogens with two attached hydrogens (primary N) is 1. The van der Waals surface area contributed by atoms with E-state index in [0.29, 0.717) is 12.0 Å². The minimum Gasteiger partial charge on any atom is -0.353 e. The van der Waals surface area contributed by atoms with E-state index in [-0.39, 0.29) is 0 Å². The van der Waals surface area contributed by atoms with Crippen LogP contribution in [0.4, 0.5) is 11.6 Å². The summed E-state index contributed by atoms with van der Waals surface area (Å²) in [5.41, 5.74) is 3.79. The van der Waals surface area contributed by atoms with Gasteiger partial charge >= 0.3 is 0 Å². The van der Waals surface area contributed by atoms with Gasteiger partial charge < -0.3 is 10.3 Å². The van der Waals surface area contributed by atoms with E-state index in [1.807, 2.05) is 0 Å². The second-order valence-corrected chi connectivity index (χ2v) is 6.42. The summed E-state index contributed by atoms with van der Waals surface area (Å²) in [4.78, 5) is 11.8. The zero-order chi connectivity index (χ0) is 15.4. The lowest BCUT2D eigenvalue weighted by Gasteiger charge is -2.33. The molecule has 0 spiro atoms. The zero-order valence-corrected chi connectivity index (χ0v) is 13.8. The molecule has 0 radical (unpaired) electrons. The lowest BCUT2D eigenvalue weighted by molar-refractivity contribution is 0.529. The first-order chi connectivity index (χ1) is 10.1. The Morgan fingerprint density at radius 1 is 1.29 bits per heavy atom. The van der Waals surface area contributed by atoms with Crippen molar-refractivity contribution >= 4 is 11.6 Å². The van der Waals surface area contributed by atoms with Crippen molar-refractivity contribution in [3.05, 3.63) is 11.4 Å². The summed E-state index contributed by atoms with van der Waals surface area (Å²) >= 11 is 0. The molecule has 0 aliphatic heterocycles. The lowest BCUT2D eigenvalue weighted by Crippen LogP contribution is -2.38. The van der Waals surface area contributed by atoms with E-state index in [0.717, 1.165) is 36.0 Å². The second-order valence-electron chi connectivity index (χ2n) is 6.42. The number of hydrogen-bond acceptors (Lipinski definition) is 5. The van der Waals surface area contributed by atoms with E-state index in [1.54, 1.807) is 0 Å². The Labute approximate surface area is 128 Å². The molecule has 0 atom stereocenters.